The van der Waals surface area contributed by atoms with Gasteiger partial charge in [-0.05, 0) is 13.8 Å². The number of hydrogen-bond acceptors (Lipinski definition) is 6. The van der Waals surface area contributed by atoms with Gasteiger partial charge in [0, 0.05) is 7.11 Å². The van der Waals surface area contributed by atoms with Crippen LogP contribution in [-0.4, -0.2) is 60.4 Å². The molecule has 2 saturated heterocycles. The first-order valence-electron chi connectivity index (χ1n) is 5.31. The van der Waals surface area contributed by atoms with Gasteiger partial charge in [-0.15, -0.1) is 0 Å². The molecule has 2 aliphatic heterocycles. The Balaban J connectivity index is 2.18. The quantitative estimate of drug-likeness (QED) is 0.653. The van der Waals surface area contributed by atoms with Crippen molar-refractivity contribution in [2.24, 2.45) is 0 Å². The van der Waals surface area contributed by atoms with Crippen molar-refractivity contribution in [1.29, 1.82) is 0 Å². The van der Waals surface area contributed by atoms with Crippen molar-refractivity contribution >= 4 is 0 Å². The molecule has 16 heavy (non-hydrogen) atoms. The van der Waals surface area contributed by atoms with Crippen LogP contribution in [0.15, 0.2) is 0 Å². The first-order chi connectivity index (χ1) is 7.48. The SMILES string of the molecule is CO[C@H]1O[C@H](CO)[C@@H]2OC(C)(C)O[C@H]2[C@H]1O. The lowest BCUT2D eigenvalue weighted by molar-refractivity contribution is -0.274. The molecule has 5 atom stereocenters. The Morgan fingerprint density at radius 2 is 1.88 bits per heavy atom. The van der Waals surface area contributed by atoms with Gasteiger partial charge in [-0.3, -0.25) is 0 Å². The maximum absolute atomic E-state index is 9.95. The van der Waals surface area contributed by atoms with Gasteiger partial charge in [-0.2, -0.15) is 0 Å². The van der Waals surface area contributed by atoms with Crippen molar-refractivity contribution in [3.05, 3.63) is 0 Å². The summed E-state index contributed by atoms with van der Waals surface area (Å²) in [6.07, 6.45) is -3.26. The maximum Gasteiger partial charge on any atom is 0.186 e. The Morgan fingerprint density at radius 1 is 1.25 bits per heavy atom. The largest absolute Gasteiger partial charge is 0.394 e. The lowest BCUT2D eigenvalue weighted by Gasteiger charge is -2.38. The van der Waals surface area contributed by atoms with Gasteiger partial charge in [-0.25, -0.2) is 0 Å². The summed E-state index contributed by atoms with van der Waals surface area (Å²) in [5, 5.41) is 19.2. The highest BCUT2D eigenvalue weighted by Gasteiger charge is 2.54. The van der Waals surface area contributed by atoms with E-state index in [2.05, 4.69) is 0 Å². The molecule has 2 heterocycles. The highest BCUT2D eigenvalue weighted by Crippen LogP contribution is 2.37. The number of fused-ring (bicyclic) bond motifs is 1. The second kappa shape index (κ2) is 4.21. The fourth-order valence-corrected chi connectivity index (χ4v) is 2.20. The van der Waals surface area contributed by atoms with E-state index in [9.17, 15) is 10.2 Å². The maximum atomic E-state index is 9.95. The van der Waals surface area contributed by atoms with Crippen LogP contribution in [0, 0.1) is 0 Å². The topological polar surface area (TPSA) is 77.4 Å². The molecule has 0 aromatic rings. The van der Waals surface area contributed by atoms with Crippen LogP contribution < -0.4 is 0 Å². The van der Waals surface area contributed by atoms with Crippen molar-refractivity contribution < 1.29 is 29.2 Å². The molecule has 0 saturated carbocycles. The van der Waals surface area contributed by atoms with E-state index in [1.54, 1.807) is 13.8 Å². The minimum absolute atomic E-state index is 0.201. The van der Waals surface area contributed by atoms with Crippen molar-refractivity contribution in [2.75, 3.05) is 13.7 Å². The molecule has 0 unspecified atom stereocenters. The van der Waals surface area contributed by atoms with Gasteiger partial charge in [0.05, 0.1) is 6.61 Å². The monoisotopic (exact) mass is 234 g/mol. The molecule has 2 aliphatic rings. The molecule has 2 fully saturated rings. The van der Waals surface area contributed by atoms with Gasteiger partial charge in [0.25, 0.3) is 0 Å². The van der Waals surface area contributed by atoms with Crippen LogP contribution in [0.5, 0.6) is 0 Å². The normalized spacial score (nSPS) is 46.7. The zero-order chi connectivity index (χ0) is 11.9. The van der Waals surface area contributed by atoms with Crippen LogP contribution >= 0.6 is 0 Å². The molecule has 2 N–H and O–H groups in total. The number of hydrogen-bond donors (Lipinski definition) is 2. The van der Waals surface area contributed by atoms with Crippen molar-refractivity contribution in [2.45, 2.75) is 50.3 Å². The molecular weight excluding hydrogens is 216 g/mol. The number of ether oxygens (including phenoxy) is 4. The van der Waals surface area contributed by atoms with Gasteiger partial charge >= 0.3 is 0 Å². The Bertz CT molecular complexity index is 256. The molecule has 0 aromatic carbocycles. The number of methoxy groups -OCH3 is 1. The predicted octanol–water partition coefficient (Wildman–Crippen LogP) is -0.769. The second-order valence-electron chi connectivity index (χ2n) is 4.52. The third kappa shape index (κ3) is 1.97. The third-order valence-corrected chi connectivity index (χ3v) is 2.87. The molecule has 0 radical (unpaired) electrons. The first-order valence-corrected chi connectivity index (χ1v) is 5.31. The molecule has 0 aromatic heterocycles. The second-order valence-corrected chi connectivity index (χ2v) is 4.52. The van der Waals surface area contributed by atoms with E-state index in [0.717, 1.165) is 0 Å². The van der Waals surface area contributed by atoms with Gasteiger partial charge < -0.3 is 29.2 Å². The summed E-state index contributed by atoms with van der Waals surface area (Å²) in [5.74, 6) is -0.782. The number of rotatable bonds is 2. The number of aliphatic hydroxyl groups is 2. The van der Waals surface area contributed by atoms with Gasteiger partial charge in [0.15, 0.2) is 12.1 Å². The summed E-state index contributed by atoms with van der Waals surface area (Å²) in [7, 11) is 1.43. The highest BCUT2D eigenvalue weighted by molar-refractivity contribution is 4.96. The van der Waals surface area contributed by atoms with E-state index in [4.69, 9.17) is 18.9 Å². The van der Waals surface area contributed by atoms with Crippen molar-refractivity contribution in [1.82, 2.24) is 0 Å². The average molecular weight is 234 g/mol. The summed E-state index contributed by atoms with van der Waals surface area (Å²) in [6, 6.07) is 0. The molecule has 0 bridgehead atoms. The van der Waals surface area contributed by atoms with E-state index < -0.39 is 36.5 Å². The Labute approximate surface area is 94.1 Å². The van der Waals surface area contributed by atoms with Crippen molar-refractivity contribution in [3.63, 3.8) is 0 Å². The van der Waals surface area contributed by atoms with Crippen molar-refractivity contribution in [3.8, 4) is 0 Å². The van der Waals surface area contributed by atoms with Gasteiger partial charge in [0.2, 0.25) is 0 Å². The fraction of sp³-hybridized carbons (Fsp3) is 1.00. The lowest BCUT2D eigenvalue weighted by atomic mass is 9.99. The first kappa shape index (κ1) is 12.2. The Hall–Kier alpha value is -0.240. The summed E-state index contributed by atoms with van der Waals surface area (Å²) >= 11 is 0. The molecule has 6 nitrogen and oxygen atoms in total. The molecule has 2 rings (SSSR count). The van der Waals surface area contributed by atoms with E-state index >= 15 is 0 Å². The van der Waals surface area contributed by atoms with Crippen LogP contribution in [0.1, 0.15) is 13.8 Å². The zero-order valence-electron chi connectivity index (χ0n) is 9.62. The number of aliphatic hydroxyl groups excluding tert-OH is 2. The Morgan fingerprint density at radius 3 is 2.44 bits per heavy atom. The van der Waals surface area contributed by atoms with Crippen LogP contribution in [-0.2, 0) is 18.9 Å². The summed E-state index contributed by atoms with van der Waals surface area (Å²) in [5.41, 5.74) is 0. The van der Waals surface area contributed by atoms with Crippen LogP contribution in [0.3, 0.4) is 0 Å². The average Bonchev–Trinajstić information content (AvgIpc) is 2.55. The van der Waals surface area contributed by atoms with Crippen LogP contribution in [0.25, 0.3) is 0 Å². The molecule has 0 amide bonds. The molecular formula is C10H18O6. The minimum atomic E-state index is -0.917. The van der Waals surface area contributed by atoms with E-state index in [1.807, 2.05) is 0 Å². The molecule has 94 valence electrons. The van der Waals surface area contributed by atoms with Gasteiger partial charge in [0.1, 0.15) is 24.4 Å². The summed E-state index contributed by atoms with van der Waals surface area (Å²) in [6.45, 7) is 3.32. The Kier molecular flexibility index (Phi) is 3.22. The van der Waals surface area contributed by atoms with E-state index in [-0.39, 0.29) is 6.61 Å². The third-order valence-electron chi connectivity index (χ3n) is 2.87. The minimum Gasteiger partial charge on any atom is -0.394 e. The highest BCUT2D eigenvalue weighted by atomic mass is 16.8. The van der Waals surface area contributed by atoms with Crippen LogP contribution in [0.4, 0.5) is 0 Å². The summed E-state index contributed by atoms with van der Waals surface area (Å²) < 4.78 is 21.6. The fourth-order valence-electron chi connectivity index (χ4n) is 2.20. The summed E-state index contributed by atoms with van der Waals surface area (Å²) in [4.78, 5) is 0. The van der Waals surface area contributed by atoms with Gasteiger partial charge in [-0.1, -0.05) is 0 Å². The van der Waals surface area contributed by atoms with E-state index in [1.165, 1.54) is 7.11 Å². The standard InChI is InChI=1S/C10H18O6/c1-10(2)15-7-5(4-11)14-9(13-3)6(12)8(7)16-10/h5-9,11-12H,4H2,1-3H3/t5-,6-,7+,8+,9+/m1/s1. The zero-order valence-corrected chi connectivity index (χ0v) is 9.62. The molecule has 0 spiro atoms. The van der Waals surface area contributed by atoms with E-state index in [0.29, 0.717) is 0 Å². The molecule has 6 heteroatoms. The smallest absolute Gasteiger partial charge is 0.186 e. The van der Waals surface area contributed by atoms with Crippen LogP contribution in [0.2, 0.25) is 0 Å². The molecule has 0 aliphatic carbocycles. The lowest BCUT2D eigenvalue weighted by Crippen LogP contribution is -2.57. The predicted molar refractivity (Wildman–Crippen MR) is 52.6 cm³/mol.